The summed E-state index contributed by atoms with van der Waals surface area (Å²) in [5.74, 6) is 0.166. The maximum absolute atomic E-state index is 13.8. The Morgan fingerprint density at radius 3 is 2.64 bits per heavy atom. The van der Waals surface area contributed by atoms with Gasteiger partial charge in [0.25, 0.3) is 0 Å². The van der Waals surface area contributed by atoms with Gasteiger partial charge in [-0.05, 0) is 67.7 Å². The minimum atomic E-state index is -1.31. The molecule has 4 aliphatic rings. The number of carbonyl (C=O) groups excluding carboxylic acids is 1. The van der Waals surface area contributed by atoms with Crippen LogP contribution in [0.4, 0.5) is 4.79 Å². The van der Waals surface area contributed by atoms with Gasteiger partial charge in [-0.2, -0.15) is 0 Å². The van der Waals surface area contributed by atoms with Crippen molar-refractivity contribution in [3.05, 3.63) is 48.1 Å². The highest BCUT2D eigenvalue weighted by molar-refractivity contribution is 6.18. The molecule has 2 fully saturated rings. The molecule has 1 saturated carbocycles. The number of fused-ring (bicyclic) bond motifs is 2. The Hall–Kier alpha value is -2.83. The molecule has 0 unspecified atom stereocenters. The van der Waals surface area contributed by atoms with Gasteiger partial charge in [-0.25, -0.2) is 4.79 Å². The van der Waals surface area contributed by atoms with Crippen LogP contribution in [0.2, 0.25) is 0 Å². The van der Waals surface area contributed by atoms with Crippen LogP contribution in [0.3, 0.4) is 0 Å². The first-order valence-corrected chi connectivity index (χ1v) is 19.0. The molecule has 0 bridgehead atoms. The number of aliphatic hydroxyl groups excluding tert-OH is 2. The third-order valence-electron chi connectivity index (χ3n) is 10.4. The summed E-state index contributed by atoms with van der Waals surface area (Å²) in [6, 6.07) is 5.44. The maximum atomic E-state index is 13.8. The van der Waals surface area contributed by atoms with Gasteiger partial charge in [-0.1, -0.05) is 37.1 Å². The number of ether oxygens (including phenoxy) is 4. The molecule has 11 nitrogen and oxygen atoms in total. The third kappa shape index (κ3) is 8.61. The molecule has 1 amide bonds. The van der Waals surface area contributed by atoms with E-state index >= 15 is 0 Å². The molecule has 12 heteroatoms. The number of allylic oxidation sites excluding steroid dienone is 1. The number of halogens is 1. The second-order valence-corrected chi connectivity index (χ2v) is 14.0. The van der Waals surface area contributed by atoms with Crippen LogP contribution in [0.1, 0.15) is 69.8 Å². The SMILES string of the molecule is C=CCO[C@@]12Oc3ccc(OCCN4CC4)cc3[C@H]3[C@H](CCCCO)[C@@H](CCCCO)C=C(C(=NOC)C[C@@H]1N(CCC)C(=O)OCCCl)[C@H]32. The molecule has 2 aliphatic heterocycles. The number of aliphatic hydroxyl groups is 2. The average molecular weight is 718 g/mol. The molecule has 2 N–H and O–H groups in total. The fraction of sp³-hybridized carbons (Fsp3) is 0.684. The Bertz CT molecular complexity index is 1340. The minimum Gasteiger partial charge on any atom is -0.492 e. The smallest absolute Gasteiger partial charge is 0.410 e. The Morgan fingerprint density at radius 1 is 1.18 bits per heavy atom. The van der Waals surface area contributed by atoms with Gasteiger partial charge in [-0.3, -0.25) is 9.80 Å². The van der Waals surface area contributed by atoms with Gasteiger partial charge in [-0.15, -0.1) is 18.2 Å². The molecule has 5 rings (SSSR count). The van der Waals surface area contributed by atoms with E-state index < -0.39 is 17.9 Å². The number of amides is 1. The first-order valence-electron chi connectivity index (χ1n) is 18.4. The first kappa shape index (κ1) is 38.4. The van der Waals surface area contributed by atoms with Crippen molar-refractivity contribution in [2.75, 3.05) is 72.2 Å². The number of hydrogen-bond acceptors (Lipinski definition) is 10. The fourth-order valence-electron chi connectivity index (χ4n) is 8.26. The number of rotatable bonds is 21. The van der Waals surface area contributed by atoms with Gasteiger partial charge >= 0.3 is 6.09 Å². The second kappa shape index (κ2) is 18.6. The zero-order valence-electron chi connectivity index (χ0n) is 29.8. The van der Waals surface area contributed by atoms with E-state index in [-0.39, 0.29) is 56.0 Å². The minimum absolute atomic E-state index is 0.0801. The summed E-state index contributed by atoms with van der Waals surface area (Å²) in [5, 5.41) is 24.1. The molecule has 6 atom stereocenters. The molecular weight excluding hydrogens is 662 g/mol. The summed E-state index contributed by atoms with van der Waals surface area (Å²) in [4.78, 5) is 23.4. The molecule has 278 valence electrons. The normalized spacial score (nSPS) is 27.4. The monoisotopic (exact) mass is 717 g/mol. The van der Waals surface area contributed by atoms with Gasteiger partial charge in [0.2, 0.25) is 5.79 Å². The van der Waals surface area contributed by atoms with Crippen molar-refractivity contribution in [2.24, 2.45) is 22.9 Å². The van der Waals surface area contributed by atoms with E-state index in [1.54, 1.807) is 18.1 Å². The largest absolute Gasteiger partial charge is 0.492 e. The predicted octanol–water partition coefficient (Wildman–Crippen LogP) is 5.73. The van der Waals surface area contributed by atoms with Crippen molar-refractivity contribution >= 4 is 23.4 Å². The third-order valence-corrected chi connectivity index (χ3v) is 10.6. The van der Waals surface area contributed by atoms with E-state index in [0.29, 0.717) is 38.2 Å². The summed E-state index contributed by atoms with van der Waals surface area (Å²) in [7, 11) is 1.54. The Balaban J connectivity index is 1.71. The van der Waals surface area contributed by atoms with Crippen LogP contribution in [0.5, 0.6) is 11.5 Å². The summed E-state index contributed by atoms with van der Waals surface area (Å²) in [5.41, 5.74) is 2.78. The Labute approximate surface area is 302 Å². The number of oxime groups is 1. The topological polar surface area (TPSA) is 122 Å². The lowest BCUT2D eigenvalue weighted by Gasteiger charge is -2.59. The lowest BCUT2D eigenvalue weighted by Crippen LogP contribution is -2.70. The van der Waals surface area contributed by atoms with E-state index in [4.69, 9.17) is 35.4 Å². The molecule has 1 saturated heterocycles. The zero-order valence-corrected chi connectivity index (χ0v) is 30.5. The van der Waals surface area contributed by atoms with Gasteiger partial charge in [0.05, 0.1) is 24.1 Å². The zero-order chi connectivity index (χ0) is 35.5. The van der Waals surface area contributed by atoms with Crippen molar-refractivity contribution in [3.8, 4) is 11.5 Å². The Kier molecular flexibility index (Phi) is 14.3. The lowest BCUT2D eigenvalue weighted by atomic mass is 9.55. The average Bonchev–Trinajstić information content (AvgIpc) is 3.95. The van der Waals surface area contributed by atoms with Crippen LogP contribution in [0, 0.1) is 17.8 Å². The molecule has 2 heterocycles. The molecular formula is C38H56ClN3O8. The number of alkyl halides is 1. The highest BCUT2D eigenvalue weighted by Gasteiger charge is 2.65. The molecule has 1 aromatic rings. The van der Waals surface area contributed by atoms with Gasteiger partial charge < -0.3 is 34.0 Å². The maximum Gasteiger partial charge on any atom is 0.410 e. The number of benzene rings is 1. The summed E-state index contributed by atoms with van der Waals surface area (Å²) >= 11 is 5.95. The van der Waals surface area contributed by atoms with Crippen LogP contribution in [0.25, 0.3) is 0 Å². The van der Waals surface area contributed by atoms with E-state index in [1.165, 1.54) is 0 Å². The van der Waals surface area contributed by atoms with Crippen molar-refractivity contribution in [2.45, 2.75) is 76.0 Å². The van der Waals surface area contributed by atoms with Gasteiger partial charge in [0, 0.05) is 57.3 Å². The highest BCUT2D eigenvalue weighted by atomic mass is 35.5. The summed E-state index contributed by atoms with van der Waals surface area (Å²) in [6.45, 7) is 10.7. The number of nitrogens with zero attached hydrogens (tertiary/aromatic N) is 3. The number of hydrogen-bond donors (Lipinski definition) is 2. The standard InChI is InChI=1S/C38H56ClN3O8/c1-4-15-42(37(45)48-22-14-39)34-26-32(40-46-3)30-24-27(10-6-8-19-43)29(11-7-9-20-44)35-31-25-28(47-23-18-41-16-17-41)12-13-33(31)50-38(34,36(30)35)49-21-5-2/h5,12-13,24-25,27,29,34-36,43-44H,2,4,6-11,14-23,26H2,1,3H3/t27-,29+,34-,35+,36+,38+/m0/s1. The summed E-state index contributed by atoms with van der Waals surface area (Å²) in [6.07, 6.45) is 9.45. The molecule has 0 radical (unpaired) electrons. The van der Waals surface area contributed by atoms with Crippen molar-refractivity contribution in [3.63, 3.8) is 0 Å². The molecule has 2 aliphatic carbocycles. The first-order chi connectivity index (χ1) is 24.5. The van der Waals surface area contributed by atoms with Crippen LogP contribution < -0.4 is 9.47 Å². The Morgan fingerprint density at radius 2 is 1.96 bits per heavy atom. The van der Waals surface area contributed by atoms with Gasteiger partial charge in [0.1, 0.15) is 37.9 Å². The van der Waals surface area contributed by atoms with Crippen LogP contribution >= 0.6 is 11.6 Å². The van der Waals surface area contributed by atoms with Gasteiger partial charge in [0.15, 0.2) is 0 Å². The molecule has 0 aromatic heterocycles. The molecule has 0 spiro atoms. The van der Waals surface area contributed by atoms with E-state index in [0.717, 1.165) is 74.3 Å². The highest BCUT2D eigenvalue weighted by Crippen LogP contribution is 2.62. The predicted molar refractivity (Wildman–Crippen MR) is 193 cm³/mol. The van der Waals surface area contributed by atoms with Crippen LogP contribution in [-0.2, 0) is 14.3 Å². The molecule has 1 aromatic carbocycles. The molecule has 50 heavy (non-hydrogen) atoms. The summed E-state index contributed by atoms with van der Waals surface area (Å²) < 4.78 is 26.1. The van der Waals surface area contributed by atoms with E-state index in [9.17, 15) is 15.0 Å². The quantitative estimate of drug-likeness (QED) is 0.0540. The van der Waals surface area contributed by atoms with Crippen molar-refractivity contribution in [1.82, 2.24) is 9.80 Å². The van der Waals surface area contributed by atoms with E-state index in [1.807, 2.05) is 19.1 Å². The lowest BCUT2D eigenvalue weighted by molar-refractivity contribution is -0.255. The van der Waals surface area contributed by atoms with Crippen LogP contribution in [0.15, 0.2) is 47.7 Å². The van der Waals surface area contributed by atoms with Crippen molar-refractivity contribution in [1.29, 1.82) is 0 Å². The van der Waals surface area contributed by atoms with E-state index in [2.05, 4.69) is 28.8 Å². The fourth-order valence-corrected chi connectivity index (χ4v) is 8.34. The number of unbranched alkanes of at least 4 members (excludes halogenated alkanes) is 2. The van der Waals surface area contributed by atoms with Crippen LogP contribution in [-0.4, -0.2) is 116 Å². The number of carbonyl (C=O) groups is 1. The van der Waals surface area contributed by atoms with Crippen molar-refractivity contribution < 1.29 is 38.8 Å². The second-order valence-electron chi connectivity index (χ2n) is 13.6.